The molecule has 0 aliphatic carbocycles. The number of carbonyl (C=O) groups is 2. The highest BCUT2D eigenvalue weighted by Crippen LogP contribution is 2.40. The number of carbonyl (C=O) groups excluding carboxylic acids is 2. The molecule has 1 aliphatic rings. The van der Waals surface area contributed by atoms with E-state index in [9.17, 15) is 25.0 Å². The molecule has 3 atom stereocenters. The Hall–Kier alpha value is -3.26. The van der Waals surface area contributed by atoms with Gasteiger partial charge in [-0.1, -0.05) is 12.1 Å². The second-order valence-corrected chi connectivity index (χ2v) is 5.03. The van der Waals surface area contributed by atoms with Crippen molar-refractivity contribution in [2.75, 3.05) is 0 Å². The molecule has 1 N–H and O–H groups in total. The van der Waals surface area contributed by atoms with Crippen LogP contribution in [0.3, 0.4) is 0 Å². The monoisotopic (exact) mass is 298 g/mol. The summed E-state index contributed by atoms with van der Waals surface area (Å²) < 4.78 is 0. The molecule has 2 amide bonds. The number of hydrogen-bond donors (Lipinski definition) is 1. The van der Waals surface area contributed by atoms with Gasteiger partial charge in [-0.15, -0.1) is 0 Å². The molecule has 1 aliphatic heterocycles. The Balaban J connectivity index is 2.61. The Bertz CT molecular complexity index is 710. The Morgan fingerprint density at radius 1 is 1.36 bits per heavy atom. The Morgan fingerprint density at radius 2 is 1.95 bits per heavy atom. The van der Waals surface area contributed by atoms with Crippen LogP contribution in [0.2, 0.25) is 0 Å². The molecule has 110 valence electrons. The summed E-state index contributed by atoms with van der Waals surface area (Å²) in [7, 11) is 0. The third-order valence-electron chi connectivity index (χ3n) is 3.88. The van der Waals surface area contributed by atoms with Crippen LogP contribution in [0.25, 0.3) is 4.85 Å². The minimum absolute atomic E-state index is 0.160. The first-order chi connectivity index (χ1) is 10.4. The number of imide groups is 1. The largest absolute Gasteiger partial charge is 0.311 e. The van der Waals surface area contributed by atoms with Gasteiger partial charge in [-0.2, -0.15) is 5.26 Å². The molecule has 1 aromatic rings. The van der Waals surface area contributed by atoms with Gasteiger partial charge in [-0.05, 0) is 12.5 Å². The van der Waals surface area contributed by atoms with Crippen LogP contribution in [-0.4, -0.2) is 22.8 Å². The number of non-ortho nitro benzene ring substituents is 1. The van der Waals surface area contributed by atoms with E-state index in [1.165, 1.54) is 31.2 Å². The molecule has 22 heavy (non-hydrogen) atoms. The van der Waals surface area contributed by atoms with Gasteiger partial charge in [-0.3, -0.25) is 25.0 Å². The lowest BCUT2D eigenvalue weighted by molar-refractivity contribution is -0.384. The predicted octanol–water partition coefficient (Wildman–Crippen LogP) is 0.937. The van der Waals surface area contributed by atoms with Crippen LogP contribution in [0.4, 0.5) is 5.69 Å². The quantitative estimate of drug-likeness (QED) is 0.377. The van der Waals surface area contributed by atoms with Crippen molar-refractivity contribution in [1.82, 2.24) is 5.32 Å². The number of benzene rings is 1. The topological polar surface area (TPSA) is 117 Å². The predicted molar refractivity (Wildman–Crippen MR) is 73.1 cm³/mol. The molecule has 0 radical (unpaired) electrons. The fourth-order valence-corrected chi connectivity index (χ4v) is 2.62. The van der Waals surface area contributed by atoms with Crippen LogP contribution >= 0.6 is 0 Å². The molecule has 8 heteroatoms. The van der Waals surface area contributed by atoms with E-state index in [0.717, 1.165) is 0 Å². The third-order valence-corrected chi connectivity index (χ3v) is 3.88. The number of rotatable bonds is 2. The maximum absolute atomic E-state index is 11.9. The molecule has 8 nitrogen and oxygen atoms in total. The zero-order chi connectivity index (χ0) is 16.5. The first-order valence-electron chi connectivity index (χ1n) is 6.22. The average molecular weight is 298 g/mol. The molecule has 1 heterocycles. The highest BCUT2D eigenvalue weighted by molar-refractivity contribution is 6.05. The number of piperidine rings is 1. The molecule has 0 aromatic heterocycles. The van der Waals surface area contributed by atoms with E-state index >= 15 is 0 Å². The van der Waals surface area contributed by atoms with Crippen molar-refractivity contribution in [2.24, 2.45) is 5.92 Å². The first kappa shape index (κ1) is 15.1. The number of nitriles is 1. The van der Waals surface area contributed by atoms with Crippen LogP contribution in [0.1, 0.15) is 12.5 Å². The van der Waals surface area contributed by atoms with Gasteiger partial charge >= 0.3 is 11.9 Å². The van der Waals surface area contributed by atoms with Crippen molar-refractivity contribution >= 4 is 17.5 Å². The number of nitro benzene ring substituents is 1. The normalized spacial score (nSPS) is 27.4. The van der Waals surface area contributed by atoms with Crippen LogP contribution in [0, 0.1) is 33.9 Å². The van der Waals surface area contributed by atoms with E-state index in [-0.39, 0.29) is 5.69 Å². The highest BCUT2D eigenvalue weighted by Gasteiger charge is 2.58. The fraction of sp³-hybridized carbons (Fsp3) is 0.286. The highest BCUT2D eigenvalue weighted by atomic mass is 16.6. The zero-order valence-electron chi connectivity index (χ0n) is 11.4. The van der Waals surface area contributed by atoms with Crippen molar-refractivity contribution in [3.63, 3.8) is 0 Å². The summed E-state index contributed by atoms with van der Waals surface area (Å²) in [6.07, 6.45) is 0. The lowest BCUT2D eigenvalue weighted by Gasteiger charge is -2.36. The maximum Gasteiger partial charge on any atom is 0.311 e. The second kappa shape index (κ2) is 5.26. The Labute approximate surface area is 125 Å². The molecule has 0 bridgehead atoms. The molecule has 1 saturated heterocycles. The summed E-state index contributed by atoms with van der Waals surface area (Å²) in [6.45, 7) is 8.68. The van der Waals surface area contributed by atoms with Gasteiger partial charge < -0.3 is 4.85 Å². The minimum Gasteiger partial charge on any atom is -0.302 e. The third kappa shape index (κ3) is 2.07. The van der Waals surface area contributed by atoms with Crippen molar-refractivity contribution < 1.29 is 14.5 Å². The lowest BCUT2D eigenvalue weighted by Crippen LogP contribution is -2.60. The number of nitro groups is 1. The van der Waals surface area contributed by atoms with Gasteiger partial charge in [0, 0.05) is 12.1 Å². The Kier molecular flexibility index (Phi) is 3.62. The molecular weight excluding hydrogens is 288 g/mol. The molecule has 0 spiro atoms. The van der Waals surface area contributed by atoms with Gasteiger partial charge in [-0.25, -0.2) is 6.57 Å². The zero-order valence-corrected chi connectivity index (χ0v) is 11.4. The summed E-state index contributed by atoms with van der Waals surface area (Å²) in [6, 6.07) is 5.72. The van der Waals surface area contributed by atoms with Crippen molar-refractivity contribution in [3.05, 3.63) is 51.4 Å². The number of hydrogen-bond acceptors (Lipinski definition) is 5. The van der Waals surface area contributed by atoms with Crippen LogP contribution < -0.4 is 5.32 Å². The van der Waals surface area contributed by atoms with E-state index in [1.807, 2.05) is 11.4 Å². The molecule has 3 unspecified atom stereocenters. The van der Waals surface area contributed by atoms with Crippen LogP contribution in [-0.2, 0) is 15.0 Å². The van der Waals surface area contributed by atoms with Crippen LogP contribution in [0.5, 0.6) is 0 Å². The fourth-order valence-electron chi connectivity index (χ4n) is 2.62. The van der Waals surface area contributed by atoms with Gasteiger partial charge in [0.05, 0.1) is 11.0 Å². The first-order valence-corrected chi connectivity index (χ1v) is 6.22. The Morgan fingerprint density at radius 3 is 2.41 bits per heavy atom. The van der Waals surface area contributed by atoms with E-state index in [4.69, 9.17) is 6.57 Å². The van der Waals surface area contributed by atoms with E-state index in [0.29, 0.717) is 5.56 Å². The number of nitrogens with one attached hydrogen (secondary N) is 1. The second-order valence-electron chi connectivity index (χ2n) is 5.03. The summed E-state index contributed by atoms with van der Waals surface area (Å²) in [4.78, 5) is 37.2. The van der Waals surface area contributed by atoms with E-state index < -0.39 is 34.1 Å². The van der Waals surface area contributed by atoms with Gasteiger partial charge in [0.2, 0.25) is 5.91 Å². The standard InChI is InChI=1S/C14H10N4O4/c1-14(8-3-5-9(6-4-8)18(21)22)10(7-15)12(19)17-13(20)11(14)16-2/h3-6,10-11H,1H3,(H,17,19,20). The summed E-state index contributed by atoms with van der Waals surface area (Å²) in [5.41, 5.74) is -1.17. The summed E-state index contributed by atoms with van der Waals surface area (Å²) in [5.74, 6) is -2.79. The molecule has 0 saturated carbocycles. The van der Waals surface area contributed by atoms with Gasteiger partial charge in [0.1, 0.15) is 11.3 Å². The molecular formula is C14H10N4O4. The van der Waals surface area contributed by atoms with E-state index in [2.05, 4.69) is 4.85 Å². The minimum atomic E-state index is -1.37. The molecule has 2 rings (SSSR count). The maximum atomic E-state index is 11.9. The van der Waals surface area contributed by atoms with Crippen LogP contribution in [0.15, 0.2) is 24.3 Å². The SMILES string of the molecule is [C-]#[N+]C1C(=O)NC(=O)C(C#N)C1(C)c1ccc([N+](=O)[O-])cc1. The van der Waals surface area contributed by atoms with Crippen molar-refractivity contribution in [1.29, 1.82) is 5.26 Å². The van der Waals surface area contributed by atoms with Gasteiger partial charge in [0.15, 0.2) is 0 Å². The summed E-state index contributed by atoms with van der Waals surface area (Å²) >= 11 is 0. The lowest BCUT2D eigenvalue weighted by atomic mass is 9.65. The van der Waals surface area contributed by atoms with Gasteiger partial charge in [0.25, 0.3) is 5.69 Å². The average Bonchev–Trinajstić information content (AvgIpc) is 2.47. The number of amides is 2. The molecule has 1 aromatic carbocycles. The van der Waals surface area contributed by atoms with Crippen molar-refractivity contribution in [2.45, 2.75) is 18.4 Å². The molecule has 1 fully saturated rings. The number of nitrogens with zero attached hydrogens (tertiary/aromatic N) is 3. The van der Waals surface area contributed by atoms with E-state index in [1.54, 1.807) is 0 Å². The smallest absolute Gasteiger partial charge is 0.302 e. The van der Waals surface area contributed by atoms with Crippen molar-refractivity contribution in [3.8, 4) is 6.07 Å². The summed E-state index contributed by atoms with van der Waals surface area (Å²) in [5, 5.41) is 22.0.